The maximum absolute atomic E-state index is 5.98. The van der Waals surface area contributed by atoms with Gasteiger partial charge in [-0.15, -0.1) is 0 Å². The molecule has 7 nitrogen and oxygen atoms in total. The molecule has 0 amide bonds. The molecule has 0 spiro atoms. The Morgan fingerprint density at radius 3 is 2.29 bits per heavy atom. The van der Waals surface area contributed by atoms with Gasteiger partial charge >= 0.3 is 0 Å². The smallest absolute Gasteiger partial charge is 0.237 e. The molecule has 0 aliphatic rings. The van der Waals surface area contributed by atoms with Crippen molar-refractivity contribution in [2.75, 3.05) is 0 Å². The second-order valence-corrected chi connectivity index (χ2v) is 5.83. The van der Waals surface area contributed by atoms with Crippen LogP contribution in [0.25, 0.3) is 11.4 Å². The van der Waals surface area contributed by atoms with E-state index >= 15 is 0 Å². The fourth-order valence-electron chi connectivity index (χ4n) is 2.52. The minimum absolute atomic E-state index is 0.412. The number of nitrogens with zero attached hydrogens (tertiary/aromatic N) is 5. The van der Waals surface area contributed by atoms with Gasteiger partial charge in [-0.2, -0.15) is 4.98 Å². The number of pyridine rings is 1. The Morgan fingerprint density at radius 1 is 0.786 bits per heavy atom. The highest BCUT2D eigenvalue weighted by molar-refractivity contribution is 5.54. The number of hydrogen-bond donors (Lipinski definition) is 0. The molecule has 0 saturated carbocycles. The van der Waals surface area contributed by atoms with Crippen LogP contribution in [0.3, 0.4) is 0 Å². The van der Waals surface area contributed by atoms with Gasteiger partial charge in [-0.3, -0.25) is 9.97 Å². The lowest BCUT2D eigenvalue weighted by Crippen LogP contribution is -1.98. The topological polar surface area (TPSA) is 82.9 Å². The molecule has 28 heavy (non-hydrogen) atoms. The maximum Gasteiger partial charge on any atom is 0.237 e. The van der Waals surface area contributed by atoms with Crippen molar-refractivity contribution in [1.82, 2.24) is 24.9 Å². The first-order valence-corrected chi connectivity index (χ1v) is 8.80. The molecule has 0 unspecified atom stereocenters. The van der Waals surface area contributed by atoms with Crippen LogP contribution in [0.1, 0.15) is 12.6 Å². The molecular weight excluding hydrogens is 354 g/mol. The predicted octanol–water partition coefficient (Wildman–Crippen LogP) is 4.48. The first-order valence-electron chi connectivity index (χ1n) is 8.80. The van der Waals surface area contributed by atoms with Crippen molar-refractivity contribution in [3.63, 3.8) is 0 Å². The molecule has 4 aromatic rings. The zero-order valence-corrected chi connectivity index (χ0v) is 15.2. The normalized spacial score (nSPS) is 10.5. The van der Waals surface area contributed by atoms with E-state index in [0.717, 1.165) is 17.7 Å². The Hall–Kier alpha value is -3.87. The Kier molecular flexibility index (Phi) is 5.15. The van der Waals surface area contributed by atoms with E-state index in [0.29, 0.717) is 29.1 Å². The summed E-state index contributed by atoms with van der Waals surface area (Å²) in [5.41, 5.74) is 1.78. The van der Waals surface area contributed by atoms with Gasteiger partial charge in [0.25, 0.3) is 0 Å². The van der Waals surface area contributed by atoms with Crippen LogP contribution < -0.4 is 9.47 Å². The largest absolute Gasteiger partial charge is 0.439 e. The molecule has 0 N–H and O–H groups in total. The van der Waals surface area contributed by atoms with Crippen LogP contribution in [0.5, 0.6) is 23.3 Å². The van der Waals surface area contributed by atoms with Gasteiger partial charge < -0.3 is 9.47 Å². The zero-order chi connectivity index (χ0) is 19.2. The van der Waals surface area contributed by atoms with Gasteiger partial charge in [0, 0.05) is 48.2 Å². The summed E-state index contributed by atoms with van der Waals surface area (Å²) in [5, 5.41) is 0. The fraction of sp³-hybridized carbons (Fsp3) is 0.0952. The van der Waals surface area contributed by atoms with Crippen LogP contribution >= 0.6 is 0 Å². The minimum Gasteiger partial charge on any atom is -0.439 e. The summed E-state index contributed by atoms with van der Waals surface area (Å²) in [6.07, 6.45) is 8.91. The predicted molar refractivity (Wildman–Crippen MR) is 103 cm³/mol. The van der Waals surface area contributed by atoms with Crippen LogP contribution in [0, 0.1) is 0 Å². The maximum atomic E-state index is 5.98. The summed E-state index contributed by atoms with van der Waals surface area (Å²) in [5.74, 6) is 2.67. The van der Waals surface area contributed by atoms with E-state index in [1.54, 1.807) is 37.1 Å². The molecule has 1 aromatic carbocycles. The number of rotatable bonds is 6. The molecular formula is C21H17N5O2. The molecule has 0 aliphatic heterocycles. The highest BCUT2D eigenvalue weighted by Gasteiger charge is 2.09. The quantitative estimate of drug-likeness (QED) is 0.494. The van der Waals surface area contributed by atoms with Crippen LogP contribution in [0.2, 0.25) is 0 Å². The Morgan fingerprint density at radius 2 is 1.57 bits per heavy atom. The average Bonchev–Trinajstić information content (AvgIpc) is 2.75. The first-order chi connectivity index (χ1) is 13.8. The van der Waals surface area contributed by atoms with Gasteiger partial charge in [0.15, 0.2) is 5.82 Å². The number of hydrogen-bond acceptors (Lipinski definition) is 7. The monoisotopic (exact) mass is 371 g/mol. The molecule has 7 heteroatoms. The van der Waals surface area contributed by atoms with Crippen molar-refractivity contribution in [1.29, 1.82) is 0 Å². The molecule has 3 heterocycles. The van der Waals surface area contributed by atoms with E-state index in [2.05, 4.69) is 24.9 Å². The van der Waals surface area contributed by atoms with Crippen molar-refractivity contribution < 1.29 is 9.47 Å². The van der Waals surface area contributed by atoms with Gasteiger partial charge in [-0.1, -0.05) is 13.0 Å². The Balaban J connectivity index is 1.59. The van der Waals surface area contributed by atoms with Crippen molar-refractivity contribution in [2.45, 2.75) is 13.3 Å². The van der Waals surface area contributed by atoms with E-state index in [1.165, 1.54) is 0 Å². The summed E-state index contributed by atoms with van der Waals surface area (Å²) in [4.78, 5) is 21.2. The van der Waals surface area contributed by atoms with Crippen LogP contribution in [0.4, 0.5) is 0 Å². The molecule has 0 saturated heterocycles. The fourth-order valence-corrected chi connectivity index (χ4v) is 2.52. The summed E-state index contributed by atoms with van der Waals surface area (Å²) in [6, 6.07) is 12.8. The lowest BCUT2D eigenvalue weighted by atomic mass is 10.2. The Labute approximate surface area is 162 Å². The standard InChI is InChI=1S/C21H17N5O2/c1-2-16-12-19(26-21(25-16)15-6-8-22-9-7-15)27-17-4-3-5-18(13-17)28-20-14-23-10-11-24-20/h3-14H,2H2,1H3. The van der Waals surface area contributed by atoms with Crippen molar-refractivity contribution in [3.8, 4) is 34.6 Å². The molecule has 0 aliphatic carbocycles. The SMILES string of the molecule is CCc1cc(Oc2cccc(Oc3cnccn3)c2)nc(-c2ccncc2)n1. The number of aromatic nitrogens is 5. The second-order valence-electron chi connectivity index (χ2n) is 5.83. The van der Waals surface area contributed by atoms with Crippen molar-refractivity contribution >= 4 is 0 Å². The summed E-state index contributed by atoms with van der Waals surface area (Å²) in [6.45, 7) is 2.04. The molecule has 0 radical (unpaired) electrons. The highest BCUT2D eigenvalue weighted by Crippen LogP contribution is 2.28. The average molecular weight is 371 g/mol. The lowest BCUT2D eigenvalue weighted by molar-refractivity contribution is 0.440. The number of benzene rings is 1. The second kappa shape index (κ2) is 8.22. The molecule has 0 bridgehead atoms. The third kappa shape index (κ3) is 4.27. The highest BCUT2D eigenvalue weighted by atomic mass is 16.5. The van der Waals surface area contributed by atoms with E-state index in [1.807, 2.05) is 43.3 Å². The minimum atomic E-state index is 0.412. The molecule has 3 aromatic heterocycles. The zero-order valence-electron chi connectivity index (χ0n) is 15.2. The first kappa shape index (κ1) is 17.5. The third-order valence-electron chi connectivity index (χ3n) is 3.85. The van der Waals surface area contributed by atoms with Crippen LogP contribution in [0.15, 0.2) is 73.4 Å². The number of aryl methyl sites for hydroxylation is 1. The Bertz CT molecular complexity index is 1060. The van der Waals surface area contributed by atoms with Crippen LogP contribution in [-0.2, 0) is 6.42 Å². The summed E-state index contributed by atoms with van der Waals surface area (Å²) in [7, 11) is 0. The van der Waals surface area contributed by atoms with Gasteiger partial charge in [-0.05, 0) is 30.7 Å². The third-order valence-corrected chi connectivity index (χ3v) is 3.85. The van der Waals surface area contributed by atoms with Gasteiger partial charge in [-0.25, -0.2) is 9.97 Å². The molecule has 0 fully saturated rings. The van der Waals surface area contributed by atoms with E-state index in [4.69, 9.17) is 9.47 Å². The lowest BCUT2D eigenvalue weighted by Gasteiger charge is -2.10. The molecule has 138 valence electrons. The van der Waals surface area contributed by atoms with Crippen LogP contribution in [-0.4, -0.2) is 24.9 Å². The molecule has 0 atom stereocenters. The summed E-state index contributed by atoms with van der Waals surface area (Å²) < 4.78 is 11.7. The molecule has 4 rings (SSSR count). The van der Waals surface area contributed by atoms with E-state index in [-0.39, 0.29) is 0 Å². The number of ether oxygens (including phenoxy) is 2. The van der Waals surface area contributed by atoms with Gasteiger partial charge in [0.2, 0.25) is 11.8 Å². The van der Waals surface area contributed by atoms with E-state index < -0.39 is 0 Å². The van der Waals surface area contributed by atoms with Gasteiger partial charge in [0.05, 0.1) is 6.20 Å². The van der Waals surface area contributed by atoms with E-state index in [9.17, 15) is 0 Å². The van der Waals surface area contributed by atoms with Crippen molar-refractivity contribution in [3.05, 3.63) is 79.1 Å². The van der Waals surface area contributed by atoms with Gasteiger partial charge in [0.1, 0.15) is 11.5 Å². The summed E-state index contributed by atoms with van der Waals surface area (Å²) >= 11 is 0. The van der Waals surface area contributed by atoms with Crippen molar-refractivity contribution in [2.24, 2.45) is 0 Å².